The molecule has 20 heavy (non-hydrogen) atoms. The van der Waals surface area contributed by atoms with Crippen LogP contribution in [0.2, 0.25) is 0 Å². The molecule has 4 nitrogen and oxygen atoms in total. The molecule has 7 heteroatoms. The smallest absolute Gasteiger partial charge is 0.390 e. The van der Waals surface area contributed by atoms with Gasteiger partial charge in [0.1, 0.15) is 0 Å². The molecule has 112 valence electrons. The number of amides is 1. The van der Waals surface area contributed by atoms with Crippen molar-refractivity contribution in [3.63, 3.8) is 0 Å². The summed E-state index contributed by atoms with van der Waals surface area (Å²) in [6, 6.07) is 4.56. The van der Waals surface area contributed by atoms with Crippen molar-refractivity contribution in [3.05, 3.63) is 23.8 Å². The van der Waals surface area contributed by atoms with E-state index in [2.05, 4.69) is 5.32 Å². The Morgan fingerprint density at radius 2 is 2.05 bits per heavy atom. The number of nitrogens with zero attached hydrogens (tertiary/aromatic N) is 1. The zero-order chi connectivity index (χ0) is 15.3. The van der Waals surface area contributed by atoms with E-state index in [1.807, 2.05) is 0 Å². The molecule has 3 N–H and O–H groups in total. The number of carbonyl (C=O) groups is 1. The van der Waals surface area contributed by atoms with Crippen LogP contribution >= 0.6 is 0 Å². The molecule has 0 unspecified atom stereocenters. The van der Waals surface area contributed by atoms with Gasteiger partial charge in [0.15, 0.2) is 0 Å². The Bertz CT molecular complexity index is 474. The van der Waals surface area contributed by atoms with Crippen LogP contribution in [0.25, 0.3) is 0 Å². The van der Waals surface area contributed by atoms with E-state index >= 15 is 0 Å². The van der Waals surface area contributed by atoms with Crippen molar-refractivity contribution >= 4 is 17.3 Å². The first-order chi connectivity index (χ1) is 9.24. The molecule has 0 aliphatic carbocycles. The molecule has 0 atom stereocenters. The summed E-state index contributed by atoms with van der Waals surface area (Å²) in [5.41, 5.74) is 6.74. The van der Waals surface area contributed by atoms with Gasteiger partial charge in [-0.25, -0.2) is 0 Å². The number of anilines is 2. The van der Waals surface area contributed by atoms with Gasteiger partial charge in [-0.15, -0.1) is 0 Å². The number of hydrogen-bond acceptors (Lipinski definition) is 3. The largest absolute Gasteiger partial charge is 0.399 e. The molecule has 0 saturated heterocycles. The third-order valence-electron chi connectivity index (χ3n) is 2.75. The van der Waals surface area contributed by atoms with Crippen molar-refractivity contribution < 1.29 is 18.0 Å². The minimum Gasteiger partial charge on any atom is -0.399 e. The fourth-order valence-electron chi connectivity index (χ4n) is 1.73. The quantitative estimate of drug-likeness (QED) is 0.818. The fourth-order valence-corrected chi connectivity index (χ4v) is 1.73. The molecule has 0 radical (unpaired) electrons. The zero-order valence-corrected chi connectivity index (χ0v) is 11.4. The van der Waals surface area contributed by atoms with E-state index in [1.165, 1.54) is 24.1 Å². The molecule has 0 aliphatic rings. The maximum atomic E-state index is 12.3. The second kappa shape index (κ2) is 6.49. The van der Waals surface area contributed by atoms with Crippen LogP contribution in [0.15, 0.2) is 18.2 Å². The van der Waals surface area contributed by atoms with Gasteiger partial charge in [0.2, 0.25) is 0 Å². The summed E-state index contributed by atoms with van der Waals surface area (Å²) in [7, 11) is 1.50. The van der Waals surface area contributed by atoms with Crippen molar-refractivity contribution in [1.82, 2.24) is 5.32 Å². The van der Waals surface area contributed by atoms with E-state index in [9.17, 15) is 18.0 Å². The normalized spacial score (nSPS) is 11.2. The first kappa shape index (κ1) is 16.1. The third-order valence-corrected chi connectivity index (χ3v) is 2.75. The standard InChI is InChI=1S/C13H18F3N3O/c1-3-18-12(20)10-5-4-9(17)8-11(10)19(2)7-6-13(14,15)16/h4-5,8H,3,6-7,17H2,1-2H3,(H,18,20). The van der Waals surface area contributed by atoms with Gasteiger partial charge in [0.25, 0.3) is 5.91 Å². The molecule has 0 heterocycles. The molecule has 0 bridgehead atoms. The number of hydrogen-bond donors (Lipinski definition) is 2. The number of rotatable bonds is 5. The molecule has 1 rings (SSSR count). The van der Waals surface area contributed by atoms with Crippen LogP contribution in [0, 0.1) is 0 Å². The van der Waals surface area contributed by atoms with Crippen molar-refractivity contribution in [2.75, 3.05) is 30.8 Å². The lowest BCUT2D eigenvalue weighted by atomic mass is 10.1. The molecule has 1 amide bonds. The lowest BCUT2D eigenvalue weighted by molar-refractivity contribution is -0.132. The minimum atomic E-state index is -4.24. The highest BCUT2D eigenvalue weighted by atomic mass is 19.4. The summed E-state index contributed by atoms with van der Waals surface area (Å²) in [4.78, 5) is 13.3. The van der Waals surface area contributed by atoms with Gasteiger partial charge >= 0.3 is 6.18 Å². The van der Waals surface area contributed by atoms with Gasteiger partial charge in [-0.3, -0.25) is 4.79 Å². The van der Waals surface area contributed by atoms with Gasteiger partial charge in [-0.1, -0.05) is 0 Å². The van der Waals surface area contributed by atoms with Gasteiger partial charge in [-0.2, -0.15) is 13.2 Å². The average Bonchev–Trinajstić information content (AvgIpc) is 2.35. The summed E-state index contributed by atoms with van der Waals surface area (Å²) in [5, 5.41) is 2.62. The van der Waals surface area contributed by atoms with Gasteiger partial charge in [0.05, 0.1) is 17.7 Å². The monoisotopic (exact) mass is 289 g/mol. The Kier molecular flexibility index (Phi) is 5.24. The number of nitrogens with two attached hydrogens (primary N) is 1. The van der Waals surface area contributed by atoms with Crippen LogP contribution in [0.4, 0.5) is 24.5 Å². The van der Waals surface area contributed by atoms with Gasteiger partial charge in [-0.05, 0) is 25.1 Å². The number of halogens is 3. The van der Waals surface area contributed by atoms with E-state index in [4.69, 9.17) is 5.73 Å². The molecular formula is C13H18F3N3O. The molecule has 0 aliphatic heterocycles. The van der Waals surface area contributed by atoms with Crippen molar-refractivity contribution in [3.8, 4) is 0 Å². The molecule has 0 saturated carbocycles. The number of carbonyl (C=O) groups excluding carboxylic acids is 1. The summed E-state index contributed by atoms with van der Waals surface area (Å²) in [6.45, 7) is 1.97. The summed E-state index contributed by atoms with van der Waals surface area (Å²) in [5.74, 6) is -0.332. The van der Waals surface area contributed by atoms with Crippen molar-refractivity contribution in [1.29, 1.82) is 0 Å². The number of alkyl halides is 3. The lowest BCUT2D eigenvalue weighted by Gasteiger charge is -2.23. The average molecular weight is 289 g/mol. The maximum Gasteiger partial charge on any atom is 0.390 e. The van der Waals surface area contributed by atoms with Crippen molar-refractivity contribution in [2.24, 2.45) is 0 Å². The number of nitrogens with one attached hydrogen (secondary N) is 1. The van der Waals surface area contributed by atoms with Crippen molar-refractivity contribution in [2.45, 2.75) is 19.5 Å². The summed E-state index contributed by atoms with van der Waals surface area (Å²) >= 11 is 0. The van der Waals surface area contributed by atoms with Crippen LogP contribution < -0.4 is 16.0 Å². The second-order valence-corrected chi connectivity index (χ2v) is 4.42. The second-order valence-electron chi connectivity index (χ2n) is 4.42. The zero-order valence-electron chi connectivity index (χ0n) is 11.4. The highest BCUT2D eigenvalue weighted by Crippen LogP contribution is 2.25. The first-order valence-corrected chi connectivity index (χ1v) is 6.20. The molecular weight excluding hydrogens is 271 g/mol. The highest BCUT2D eigenvalue weighted by molar-refractivity contribution is 6.00. The van der Waals surface area contributed by atoms with Crippen LogP contribution in [0.5, 0.6) is 0 Å². The molecule has 0 aromatic heterocycles. The third kappa shape index (κ3) is 4.64. The summed E-state index contributed by atoms with van der Waals surface area (Å²) < 4.78 is 36.8. The van der Waals surface area contributed by atoms with E-state index in [1.54, 1.807) is 13.0 Å². The predicted molar refractivity (Wildman–Crippen MR) is 72.8 cm³/mol. The molecule has 1 aromatic carbocycles. The number of benzene rings is 1. The van der Waals surface area contributed by atoms with E-state index in [0.29, 0.717) is 23.5 Å². The Morgan fingerprint density at radius 1 is 1.40 bits per heavy atom. The first-order valence-electron chi connectivity index (χ1n) is 6.20. The van der Waals surface area contributed by atoms with Crippen LogP contribution in [-0.4, -0.2) is 32.2 Å². The van der Waals surface area contributed by atoms with Gasteiger partial charge < -0.3 is 16.0 Å². The van der Waals surface area contributed by atoms with Crippen LogP contribution in [0.3, 0.4) is 0 Å². The Hall–Kier alpha value is -1.92. The fraction of sp³-hybridized carbons (Fsp3) is 0.462. The Morgan fingerprint density at radius 3 is 2.60 bits per heavy atom. The Balaban J connectivity index is 2.96. The molecule has 0 fully saturated rings. The molecule has 1 aromatic rings. The van der Waals surface area contributed by atoms with E-state index in [-0.39, 0.29) is 12.5 Å². The van der Waals surface area contributed by atoms with E-state index in [0.717, 1.165) is 0 Å². The lowest BCUT2D eigenvalue weighted by Crippen LogP contribution is -2.29. The van der Waals surface area contributed by atoms with Gasteiger partial charge in [0, 0.05) is 25.8 Å². The van der Waals surface area contributed by atoms with Crippen LogP contribution in [0.1, 0.15) is 23.7 Å². The Labute approximate surface area is 115 Å². The number of nitrogen functional groups attached to an aromatic ring is 1. The van der Waals surface area contributed by atoms with Crippen LogP contribution in [-0.2, 0) is 0 Å². The maximum absolute atomic E-state index is 12.3. The molecule has 0 spiro atoms. The highest BCUT2D eigenvalue weighted by Gasteiger charge is 2.27. The summed E-state index contributed by atoms with van der Waals surface area (Å²) in [6.07, 6.45) is -5.19. The van der Waals surface area contributed by atoms with E-state index < -0.39 is 12.6 Å². The predicted octanol–water partition coefficient (Wildman–Crippen LogP) is 2.41. The topological polar surface area (TPSA) is 58.4 Å². The SMILES string of the molecule is CCNC(=O)c1ccc(N)cc1N(C)CCC(F)(F)F. The minimum absolute atomic E-state index is 0.237.